The van der Waals surface area contributed by atoms with Gasteiger partial charge < -0.3 is 4.90 Å². The molecule has 0 spiro atoms. The number of aryl methyl sites for hydroxylation is 2. The third-order valence-corrected chi connectivity index (χ3v) is 3.91. The van der Waals surface area contributed by atoms with Gasteiger partial charge in [-0.15, -0.1) is 0 Å². The van der Waals surface area contributed by atoms with Gasteiger partial charge in [0.15, 0.2) is 0 Å². The molecule has 1 fully saturated rings. The number of amides is 1. The summed E-state index contributed by atoms with van der Waals surface area (Å²) in [5.41, 5.74) is 3.95. The van der Waals surface area contributed by atoms with Crippen LogP contribution in [0.3, 0.4) is 0 Å². The van der Waals surface area contributed by atoms with Crippen LogP contribution in [0.1, 0.15) is 47.1 Å². The summed E-state index contributed by atoms with van der Waals surface area (Å²) < 4.78 is 0. The number of aromatic nitrogens is 2. The summed E-state index contributed by atoms with van der Waals surface area (Å²) in [6.07, 6.45) is 3.06. The van der Waals surface area contributed by atoms with Crippen molar-refractivity contribution in [3.05, 3.63) is 52.8 Å². The molecule has 1 aromatic carbocycles. The summed E-state index contributed by atoms with van der Waals surface area (Å²) in [6.45, 7) is 4.79. The number of nitrogens with zero attached hydrogens (tertiary/aromatic N) is 2. The van der Waals surface area contributed by atoms with Gasteiger partial charge in [-0.3, -0.25) is 9.89 Å². The van der Waals surface area contributed by atoms with Crippen molar-refractivity contribution in [2.75, 3.05) is 0 Å². The van der Waals surface area contributed by atoms with Crippen LogP contribution in [0, 0.1) is 6.92 Å². The standard InChI is InChI=1S/C17H21N3O/c1-3-14-10-16(19-18-14)17(21)20(15-7-8-15)11-13-6-4-5-12(2)9-13/h4-6,9-10,15H,3,7-8,11H2,1-2H3,(H,18,19). The lowest BCUT2D eigenvalue weighted by molar-refractivity contribution is 0.0724. The Bertz CT molecular complexity index is 643. The van der Waals surface area contributed by atoms with E-state index in [1.54, 1.807) is 0 Å². The van der Waals surface area contributed by atoms with Crippen molar-refractivity contribution in [1.29, 1.82) is 0 Å². The second-order valence-electron chi connectivity index (χ2n) is 5.79. The first kappa shape index (κ1) is 13.9. The maximum atomic E-state index is 12.7. The average Bonchev–Trinajstić information content (AvgIpc) is 3.20. The Morgan fingerprint density at radius 3 is 2.81 bits per heavy atom. The minimum absolute atomic E-state index is 0.0370. The topological polar surface area (TPSA) is 49.0 Å². The van der Waals surface area contributed by atoms with Crippen molar-refractivity contribution in [2.45, 2.75) is 45.7 Å². The van der Waals surface area contributed by atoms with E-state index in [4.69, 9.17) is 0 Å². The summed E-state index contributed by atoms with van der Waals surface area (Å²) in [5.74, 6) is 0.0370. The van der Waals surface area contributed by atoms with Crippen LogP contribution in [0.2, 0.25) is 0 Å². The number of hydrogen-bond acceptors (Lipinski definition) is 2. The molecule has 1 saturated carbocycles. The Hall–Kier alpha value is -2.10. The second kappa shape index (κ2) is 5.72. The molecule has 3 rings (SSSR count). The number of carbonyl (C=O) groups excluding carboxylic acids is 1. The Morgan fingerprint density at radius 1 is 1.38 bits per heavy atom. The smallest absolute Gasteiger partial charge is 0.274 e. The van der Waals surface area contributed by atoms with E-state index >= 15 is 0 Å². The minimum atomic E-state index is 0.0370. The van der Waals surface area contributed by atoms with E-state index in [1.165, 1.54) is 11.1 Å². The van der Waals surface area contributed by atoms with E-state index in [0.717, 1.165) is 25.0 Å². The molecule has 0 unspecified atom stereocenters. The lowest BCUT2D eigenvalue weighted by Gasteiger charge is -2.21. The fraction of sp³-hybridized carbons (Fsp3) is 0.412. The van der Waals surface area contributed by atoms with Gasteiger partial charge in [0.2, 0.25) is 0 Å². The third kappa shape index (κ3) is 3.15. The van der Waals surface area contributed by atoms with Crippen LogP contribution in [-0.2, 0) is 13.0 Å². The van der Waals surface area contributed by atoms with E-state index in [9.17, 15) is 4.79 Å². The first-order chi connectivity index (χ1) is 10.2. The lowest BCUT2D eigenvalue weighted by atomic mass is 10.1. The summed E-state index contributed by atoms with van der Waals surface area (Å²) in [5, 5.41) is 7.09. The van der Waals surface area contributed by atoms with Crippen molar-refractivity contribution in [1.82, 2.24) is 15.1 Å². The van der Waals surface area contributed by atoms with E-state index in [0.29, 0.717) is 18.3 Å². The lowest BCUT2D eigenvalue weighted by Crippen LogP contribution is -2.32. The average molecular weight is 283 g/mol. The number of aromatic amines is 1. The highest BCUT2D eigenvalue weighted by Gasteiger charge is 2.33. The Balaban J connectivity index is 1.79. The zero-order valence-electron chi connectivity index (χ0n) is 12.6. The highest BCUT2D eigenvalue weighted by atomic mass is 16.2. The SMILES string of the molecule is CCc1cc(C(=O)N(Cc2cccc(C)c2)C2CC2)n[nH]1. The van der Waals surface area contributed by atoms with Crippen LogP contribution >= 0.6 is 0 Å². The first-order valence-electron chi connectivity index (χ1n) is 7.58. The van der Waals surface area contributed by atoms with Gasteiger partial charge in [-0.1, -0.05) is 36.8 Å². The van der Waals surface area contributed by atoms with Gasteiger partial charge >= 0.3 is 0 Å². The fourth-order valence-corrected chi connectivity index (χ4v) is 2.56. The number of carbonyl (C=O) groups is 1. The predicted molar refractivity (Wildman–Crippen MR) is 82.0 cm³/mol. The van der Waals surface area contributed by atoms with E-state index in [1.807, 2.05) is 24.0 Å². The van der Waals surface area contributed by atoms with Crippen molar-refractivity contribution >= 4 is 5.91 Å². The van der Waals surface area contributed by atoms with Gasteiger partial charge in [0, 0.05) is 18.3 Å². The molecule has 110 valence electrons. The van der Waals surface area contributed by atoms with Gasteiger partial charge in [-0.25, -0.2) is 0 Å². The third-order valence-electron chi connectivity index (χ3n) is 3.91. The highest BCUT2D eigenvalue weighted by molar-refractivity contribution is 5.92. The number of hydrogen-bond donors (Lipinski definition) is 1. The molecule has 1 aliphatic carbocycles. The van der Waals surface area contributed by atoms with Crippen molar-refractivity contribution in [3.63, 3.8) is 0 Å². The maximum absolute atomic E-state index is 12.7. The summed E-state index contributed by atoms with van der Waals surface area (Å²) >= 11 is 0. The van der Waals surface area contributed by atoms with Gasteiger partial charge in [0.05, 0.1) is 0 Å². The summed E-state index contributed by atoms with van der Waals surface area (Å²) in [4.78, 5) is 14.7. The van der Waals surface area contributed by atoms with Crippen LogP contribution in [0.4, 0.5) is 0 Å². The fourth-order valence-electron chi connectivity index (χ4n) is 2.56. The molecule has 0 radical (unpaired) electrons. The van der Waals surface area contributed by atoms with E-state index in [-0.39, 0.29) is 5.91 Å². The number of rotatable bonds is 5. The molecule has 1 aromatic heterocycles. The molecule has 1 heterocycles. The molecule has 2 aromatic rings. The Morgan fingerprint density at radius 2 is 2.19 bits per heavy atom. The van der Waals surface area contributed by atoms with Crippen LogP contribution in [0.25, 0.3) is 0 Å². The first-order valence-corrected chi connectivity index (χ1v) is 7.58. The van der Waals surface area contributed by atoms with Crippen LogP contribution in [0.5, 0.6) is 0 Å². The van der Waals surface area contributed by atoms with Crippen LogP contribution in [-0.4, -0.2) is 27.0 Å². The normalized spacial score (nSPS) is 14.2. The largest absolute Gasteiger partial charge is 0.330 e. The van der Waals surface area contributed by atoms with Crippen molar-refractivity contribution in [2.24, 2.45) is 0 Å². The van der Waals surface area contributed by atoms with Crippen molar-refractivity contribution < 1.29 is 4.79 Å². The Kier molecular flexibility index (Phi) is 3.78. The molecular formula is C17H21N3O. The number of nitrogens with one attached hydrogen (secondary N) is 1. The van der Waals surface area contributed by atoms with Crippen LogP contribution < -0.4 is 0 Å². The molecule has 1 aliphatic rings. The summed E-state index contributed by atoms with van der Waals surface area (Å²) in [6, 6.07) is 10.6. The second-order valence-corrected chi connectivity index (χ2v) is 5.79. The molecule has 0 bridgehead atoms. The quantitative estimate of drug-likeness (QED) is 0.916. The molecule has 0 aliphatic heterocycles. The molecule has 4 heteroatoms. The van der Waals surface area contributed by atoms with Gasteiger partial charge in [-0.2, -0.15) is 5.10 Å². The summed E-state index contributed by atoms with van der Waals surface area (Å²) in [7, 11) is 0. The zero-order chi connectivity index (χ0) is 14.8. The molecule has 1 amide bonds. The van der Waals surface area contributed by atoms with Crippen LogP contribution in [0.15, 0.2) is 30.3 Å². The zero-order valence-corrected chi connectivity index (χ0v) is 12.6. The molecule has 21 heavy (non-hydrogen) atoms. The van der Waals surface area contributed by atoms with Gasteiger partial charge in [0.25, 0.3) is 5.91 Å². The maximum Gasteiger partial charge on any atom is 0.274 e. The molecular weight excluding hydrogens is 262 g/mol. The van der Waals surface area contributed by atoms with E-state index in [2.05, 4.69) is 35.3 Å². The monoisotopic (exact) mass is 283 g/mol. The van der Waals surface area contributed by atoms with Crippen molar-refractivity contribution in [3.8, 4) is 0 Å². The molecule has 0 saturated heterocycles. The minimum Gasteiger partial charge on any atom is -0.330 e. The number of H-pyrrole nitrogens is 1. The molecule has 4 nitrogen and oxygen atoms in total. The highest BCUT2D eigenvalue weighted by Crippen LogP contribution is 2.29. The number of benzene rings is 1. The van der Waals surface area contributed by atoms with E-state index < -0.39 is 0 Å². The predicted octanol–water partition coefficient (Wildman–Crippen LogP) is 3.09. The van der Waals surface area contributed by atoms with Gasteiger partial charge in [0.1, 0.15) is 5.69 Å². The Labute approximate surface area is 125 Å². The van der Waals surface area contributed by atoms with Gasteiger partial charge in [-0.05, 0) is 37.8 Å². The molecule has 0 atom stereocenters. The molecule has 1 N–H and O–H groups in total.